The fraction of sp³-hybridized carbons (Fsp3) is 0.500. The number of amides is 1. The van der Waals surface area contributed by atoms with Crippen LogP contribution >= 0.6 is 0 Å². The van der Waals surface area contributed by atoms with E-state index in [1.54, 1.807) is 0 Å². The molecular formula is C14H20N2O. The summed E-state index contributed by atoms with van der Waals surface area (Å²) in [7, 11) is 1.83. The van der Waals surface area contributed by atoms with E-state index in [1.165, 1.54) is 12.8 Å². The third-order valence-corrected chi connectivity index (χ3v) is 3.77. The number of nitrogens with one attached hydrogen (secondary N) is 2. The first-order chi connectivity index (χ1) is 8.21. The van der Waals surface area contributed by atoms with E-state index in [9.17, 15) is 4.79 Å². The SMILES string of the molecule is CCC1(CNC(=O)c2ccccc2NC)CC1. The summed E-state index contributed by atoms with van der Waals surface area (Å²) in [6.07, 6.45) is 3.65. The molecule has 0 aromatic heterocycles. The normalized spacial score (nSPS) is 16.4. The zero-order chi connectivity index (χ0) is 12.3. The Labute approximate surface area is 103 Å². The van der Waals surface area contributed by atoms with Crippen LogP contribution in [0.15, 0.2) is 24.3 Å². The van der Waals surface area contributed by atoms with Gasteiger partial charge in [0.05, 0.1) is 5.56 Å². The Balaban J connectivity index is 1.99. The number of carbonyl (C=O) groups is 1. The van der Waals surface area contributed by atoms with Crippen LogP contribution in [-0.2, 0) is 0 Å². The lowest BCUT2D eigenvalue weighted by molar-refractivity contribution is 0.0945. The molecular weight excluding hydrogens is 212 g/mol. The van der Waals surface area contributed by atoms with Crippen LogP contribution in [0.3, 0.4) is 0 Å². The fourth-order valence-electron chi connectivity index (χ4n) is 2.09. The minimum absolute atomic E-state index is 0.0228. The Morgan fingerprint density at radius 1 is 1.35 bits per heavy atom. The summed E-state index contributed by atoms with van der Waals surface area (Å²) in [6.45, 7) is 3.00. The Morgan fingerprint density at radius 2 is 2.06 bits per heavy atom. The number of rotatable bonds is 5. The Kier molecular flexibility index (Phi) is 3.36. The highest BCUT2D eigenvalue weighted by molar-refractivity contribution is 5.99. The third kappa shape index (κ3) is 2.60. The number of benzene rings is 1. The van der Waals surface area contributed by atoms with Crippen LogP contribution in [0, 0.1) is 5.41 Å². The van der Waals surface area contributed by atoms with E-state index in [0.29, 0.717) is 5.41 Å². The van der Waals surface area contributed by atoms with Gasteiger partial charge in [-0.1, -0.05) is 19.1 Å². The van der Waals surface area contributed by atoms with Crippen LogP contribution < -0.4 is 10.6 Å². The molecule has 0 aliphatic heterocycles. The van der Waals surface area contributed by atoms with Gasteiger partial charge in [-0.05, 0) is 36.8 Å². The van der Waals surface area contributed by atoms with Crippen LogP contribution in [0.25, 0.3) is 0 Å². The van der Waals surface area contributed by atoms with Crippen molar-refractivity contribution in [2.24, 2.45) is 5.41 Å². The molecule has 1 saturated carbocycles. The molecule has 0 spiro atoms. The summed E-state index contributed by atoms with van der Waals surface area (Å²) >= 11 is 0. The van der Waals surface area contributed by atoms with Crippen molar-refractivity contribution in [1.29, 1.82) is 0 Å². The van der Waals surface area contributed by atoms with Crippen molar-refractivity contribution in [3.63, 3.8) is 0 Å². The Bertz CT molecular complexity index is 410. The lowest BCUT2D eigenvalue weighted by atomic mass is 10.0. The van der Waals surface area contributed by atoms with Gasteiger partial charge in [0.1, 0.15) is 0 Å². The molecule has 0 atom stereocenters. The van der Waals surface area contributed by atoms with Crippen LogP contribution in [0.2, 0.25) is 0 Å². The van der Waals surface area contributed by atoms with Crippen molar-refractivity contribution in [3.8, 4) is 0 Å². The standard InChI is InChI=1S/C14H20N2O/c1-3-14(8-9-14)10-16-13(17)11-6-4-5-7-12(11)15-2/h4-7,15H,3,8-10H2,1-2H3,(H,16,17). The largest absolute Gasteiger partial charge is 0.387 e. The zero-order valence-corrected chi connectivity index (χ0v) is 10.5. The van der Waals surface area contributed by atoms with Gasteiger partial charge in [-0.3, -0.25) is 4.79 Å². The molecule has 1 aromatic rings. The van der Waals surface area contributed by atoms with Crippen molar-refractivity contribution in [2.75, 3.05) is 18.9 Å². The molecule has 3 heteroatoms. The van der Waals surface area contributed by atoms with E-state index < -0.39 is 0 Å². The van der Waals surface area contributed by atoms with Gasteiger partial charge in [-0.2, -0.15) is 0 Å². The summed E-state index contributed by atoms with van der Waals surface area (Å²) < 4.78 is 0. The molecule has 0 heterocycles. The number of para-hydroxylation sites is 1. The quantitative estimate of drug-likeness (QED) is 0.819. The fourth-order valence-corrected chi connectivity index (χ4v) is 2.09. The van der Waals surface area contributed by atoms with Gasteiger partial charge in [0, 0.05) is 19.3 Å². The Morgan fingerprint density at radius 3 is 2.65 bits per heavy atom. The maximum Gasteiger partial charge on any atom is 0.253 e. The first kappa shape index (κ1) is 12.0. The second-order valence-corrected chi connectivity index (χ2v) is 4.83. The first-order valence-electron chi connectivity index (χ1n) is 6.26. The molecule has 17 heavy (non-hydrogen) atoms. The minimum atomic E-state index is 0.0228. The topological polar surface area (TPSA) is 41.1 Å². The molecule has 0 saturated heterocycles. The van der Waals surface area contributed by atoms with E-state index >= 15 is 0 Å². The van der Waals surface area contributed by atoms with Crippen molar-refractivity contribution >= 4 is 11.6 Å². The van der Waals surface area contributed by atoms with Gasteiger partial charge in [-0.25, -0.2) is 0 Å². The third-order valence-electron chi connectivity index (χ3n) is 3.77. The van der Waals surface area contributed by atoms with Gasteiger partial charge >= 0.3 is 0 Å². The molecule has 0 bridgehead atoms. The molecule has 1 amide bonds. The van der Waals surface area contributed by atoms with Crippen LogP contribution in [-0.4, -0.2) is 19.5 Å². The van der Waals surface area contributed by atoms with E-state index in [0.717, 1.165) is 24.2 Å². The predicted octanol–water partition coefficient (Wildman–Crippen LogP) is 2.65. The van der Waals surface area contributed by atoms with E-state index in [4.69, 9.17) is 0 Å². The monoisotopic (exact) mass is 232 g/mol. The summed E-state index contributed by atoms with van der Waals surface area (Å²) in [4.78, 5) is 12.1. The van der Waals surface area contributed by atoms with Crippen LogP contribution in [0.5, 0.6) is 0 Å². The van der Waals surface area contributed by atoms with Crippen molar-refractivity contribution in [2.45, 2.75) is 26.2 Å². The summed E-state index contributed by atoms with van der Waals surface area (Å²) in [5, 5.41) is 6.09. The van der Waals surface area contributed by atoms with Gasteiger partial charge in [-0.15, -0.1) is 0 Å². The molecule has 1 aliphatic rings. The summed E-state index contributed by atoms with van der Waals surface area (Å²) in [6, 6.07) is 7.59. The smallest absolute Gasteiger partial charge is 0.253 e. The molecule has 1 aromatic carbocycles. The first-order valence-corrected chi connectivity index (χ1v) is 6.26. The average molecular weight is 232 g/mol. The van der Waals surface area contributed by atoms with E-state index in [1.807, 2.05) is 31.3 Å². The lowest BCUT2D eigenvalue weighted by Crippen LogP contribution is -2.30. The Hall–Kier alpha value is -1.51. The molecule has 0 unspecified atom stereocenters. The average Bonchev–Trinajstić information content (AvgIpc) is 3.16. The van der Waals surface area contributed by atoms with Gasteiger partial charge in [0.2, 0.25) is 0 Å². The maximum atomic E-state index is 12.1. The lowest BCUT2D eigenvalue weighted by Gasteiger charge is -2.14. The molecule has 1 aliphatic carbocycles. The van der Waals surface area contributed by atoms with Crippen molar-refractivity contribution in [3.05, 3.63) is 29.8 Å². The maximum absolute atomic E-state index is 12.1. The second kappa shape index (κ2) is 4.78. The van der Waals surface area contributed by atoms with Crippen LogP contribution in [0.1, 0.15) is 36.5 Å². The van der Waals surface area contributed by atoms with Gasteiger partial charge < -0.3 is 10.6 Å². The van der Waals surface area contributed by atoms with Crippen molar-refractivity contribution in [1.82, 2.24) is 5.32 Å². The number of hydrogen-bond donors (Lipinski definition) is 2. The highest BCUT2D eigenvalue weighted by Crippen LogP contribution is 2.47. The summed E-state index contributed by atoms with van der Waals surface area (Å²) in [5.41, 5.74) is 2.00. The zero-order valence-electron chi connectivity index (χ0n) is 10.5. The second-order valence-electron chi connectivity index (χ2n) is 4.83. The van der Waals surface area contributed by atoms with Crippen molar-refractivity contribution < 1.29 is 4.79 Å². The van der Waals surface area contributed by atoms with Crippen LogP contribution in [0.4, 0.5) is 5.69 Å². The number of carbonyl (C=O) groups excluding carboxylic acids is 1. The molecule has 2 N–H and O–H groups in total. The molecule has 1 fully saturated rings. The summed E-state index contributed by atoms with van der Waals surface area (Å²) in [5.74, 6) is 0.0228. The van der Waals surface area contributed by atoms with Gasteiger partial charge in [0.25, 0.3) is 5.91 Å². The van der Waals surface area contributed by atoms with E-state index in [2.05, 4.69) is 17.6 Å². The number of hydrogen-bond acceptors (Lipinski definition) is 2. The molecule has 0 radical (unpaired) electrons. The minimum Gasteiger partial charge on any atom is -0.387 e. The molecule has 92 valence electrons. The number of anilines is 1. The molecule has 3 nitrogen and oxygen atoms in total. The van der Waals surface area contributed by atoms with E-state index in [-0.39, 0.29) is 5.91 Å². The molecule has 2 rings (SSSR count). The van der Waals surface area contributed by atoms with Gasteiger partial charge in [0.15, 0.2) is 0 Å². The predicted molar refractivity (Wildman–Crippen MR) is 70.3 cm³/mol. The highest BCUT2D eigenvalue weighted by Gasteiger charge is 2.40. The highest BCUT2D eigenvalue weighted by atomic mass is 16.1.